The van der Waals surface area contributed by atoms with Crippen LogP contribution in [0, 0.1) is 123 Å². The molecule has 6 heterocycles. The summed E-state index contributed by atoms with van der Waals surface area (Å²) in [5.41, 5.74) is 10.6. The molecule has 4 aliphatic heterocycles. The molecule has 2 aromatic heterocycles. The first-order chi connectivity index (χ1) is 64.2. The van der Waals surface area contributed by atoms with Gasteiger partial charge >= 0.3 is 17.8 Å². The summed E-state index contributed by atoms with van der Waals surface area (Å²) in [6.45, 7) is 73.4. The zero-order valence-corrected chi connectivity index (χ0v) is 92.5. The number of aliphatic carboxylic acids is 1. The van der Waals surface area contributed by atoms with Gasteiger partial charge in [0, 0.05) is 59.1 Å². The van der Waals surface area contributed by atoms with E-state index in [0.29, 0.717) is 85.3 Å². The predicted molar refractivity (Wildman–Crippen MR) is 588 cm³/mol. The third-order valence-electron chi connectivity index (χ3n) is 26.2. The van der Waals surface area contributed by atoms with Crippen LogP contribution in [0.5, 0.6) is 5.75 Å². The Morgan fingerprint density at radius 2 is 1.06 bits per heavy atom. The Labute approximate surface area is 857 Å². The fourth-order valence-corrected chi connectivity index (χ4v) is 21.3. The molecule has 2 saturated heterocycles. The van der Waals surface area contributed by atoms with Crippen LogP contribution in [-0.2, 0) is 39.6 Å². The van der Waals surface area contributed by atoms with Crippen molar-refractivity contribution >= 4 is 33.8 Å². The van der Waals surface area contributed by atoms with Crippen LogP contribution in [0.2, 0.25) is 0 Å². The molecule has 8 aliphatic rings. The van der Waals surface area contributed by atoms with Gasteiger partial charge in [0.15, 0.2) is 21.5 Å². The summed E-state index contributed by atoms with van der Waals surface area (Å²) < 4.78 is 68.1. The average Bonchev–Trinajstić information content (AvgIpc) is 1.58. The third kappa shape index (κ3) is 45.3. The summed E-state index contributed by atoms with van der Waals surface area (Å²) in [6, 6.07) is 37.6. The van der Waals surface area contributed by atoms with Gasteiger partial charge < -0.3 is 20.5 Å². The predicted octanol–water partition coefficient (Wildman–Crippen LogP) is 31.9. The lowest BCUT2D eigenvalue weighted by atomic mass is 9.68. The van der Waals surface area contributed by atoms with Crippen LogP contribution in [0.1, 0.15) is 344 Å². The first kappa shape index (κ1) is 123. The van der Waals surface area contributed by atoms with Crippen molar-refractivity contribution in [3.63, 3.8) is 0 Å². The normalized spacial score (nSPS) is 21.5. The van der Waals surface area contributed by atoms with E-state index in [1.165, 1.54) is 104 Å². The van der Waals surface area contributed by atoms with Crippen LogP contribution in [0.25, 0.3) is 22.8 Å². The molecule has 0 spiro atoms. The Hall–Kier alpha value is -8.61. The highest BCUT2D eigenvalue weighted by atomic mass is 32.2. The second kappa shape index (κ2) is 52.4. The molecule has 16 nitrogen and oxygen atoms in total. The number of nitrogens with zero attached hydrogens (tertiary/aromatic N) is 9. The highest BCUT2D eigenvalue weighted by molar-refractivity contribution is 8.00. The van der Waals surface area contributed by atoms with E-state index in [9.17, 15) is 31.5 Å². The average molecular weight is 1980 g/mol. The zero-order valence-electron chi connectivity index (χ0n) is 90.9. The maximum absolute atomic E-state index is 12.8. The van der Waals surface area contributed by atoms with Crippen LogP contribution < -0.4 is 15.4 Å². The number of thioether (sulfide) groups is 1. The van der Waals surface area contributed by atoms with E-state index in [1.54, 1.807) is 49.1 Å². The molecular formula is C120H184F3N11O5S2. The number of sulfone groups is 1. The van der Waals surface area contributed by atoms with E-state index in [-0.39, 0.29) is 53.9 Å². The number of rotatable bonds is 21. The molecule has 2 saturated carbocycles. The number of ether oxygens (including phenoxy) is 1. The maximum atomic E-state index is 12.8. The number of nitrogens with one attached hydrogen (secondary N) is 2. The summed E-state index contributed by atoms with van der Waals surface area (Å²) >= 11 is 2.13. The lowest BCUT2D eigenvalue weighted by Gasteiger charge is -2.36. The van der Waals surface area contributed by atoms with Crippen molar-refractivity contribution in [3.05, 3.63) is 204 Å². The quantitative estimate of drug-likeness (QED) is 0.0346. The van der Waals surface area contributed by atoms with E-state index in [2.05, 4.69) is 355 Å². The molecule has 7 aromatic rings. The van der Waals surface area contributed by atoms with E-state index in [1.807, 2.05) is 43.3 Å². The fourth-order valence-electron chi connectivity index (χ4n) is 18.1. The smallest absolute Gasteiger partial charge is 0.442 e. The summed E-state index contributed by atoms with van der Waals surface area (Å²) in [6.07, 6.45) is 29.6. The number of carboxylic acid groups (broad SMARTS) is 1. The van der Waals surface area contributed by atoms with Gasteiger partial charge in [0.05, 0.1) is 59.0 Å². The first-order valence-corrected chi connectivity index (χ1v) is 53.7. The van der Waals surface area contributed by atoms with Crippen LogP contribution in [0.3, 0.4) is 0 Å². The molecule has 782 valence electrons. The van der Waals surface area contributed by atoms with Crippen molar-refractivity contribution in [1.29, 1.82) is 0 Å². The van der Waals surface area contributed by atoms with E-state index < -0.39 is 27.6 Å². The van der Waals surface area contributed by atoms with Crippen LogP contribution in [0.15, 0.2) is 185 Å². The summed E-state index contributed by atoms with van der Waals surface area (Å²) in [4.78, 5) is 24.2. The van der Waals surface area contributed by atoms with E-state index in [4.69, 9.17) is 4.74 Å². The van der Waals surface area contributed by atoms with Gasteiger partial charge in [-0.15, -0.1) is 32.3 Å². The van der Waals surface area contributed by atoms with E-state index >= 15 is 0 Å². The first-order valence-electron chi connectivity index (χ1n) is 51.0. The molecule has 9 unspecified atom stereocenters. The maximum Gasteiger partial charge on any atom is 0.442 e. The topological polar surface area (TPSA) is 219 Å². The number of alkyl halides is 3. The molecular weight excluding hydrogens is 1800 g/mol. The van der Waals surface area contributed by atoms with Gasteiger partial charge in [-0.3, -0.25) is 9.79 Å². The van der Waals surface area contributed by atoms with Crippen molar-refractivity contribution in [3.8, 4) is 40.4 Å². The van der Waals surface area contributed by atoms with Crippen LogP contribution in [-0.4, -0.2) is 103 Å². The molecule has 4 fully saturated rings. The number of aromatic nitrogens is 6. The van der Waals surface area contributed by atoms with Crippen molar-refractivity contribution in [1.82, 2.24) is 41.0 Å². The molecule has 4 aliphatic carbocycles. The number of carbonyl (C=O) groups is 1. The highest BCUT2D eigenvalue weighted by Gasteiger charge is 2.65. The van der Waals surface area contributed by atoms with Crippen LogP contribution in [0.4, 0.5) is 13.2 Å². The molecule has 5 aromatic carbocycles. The Balaban J connectivity index is 0.000000280. The van der Waals surface area contributed by atoms with E-state index in [0.717, 1.165) is 108 Å². The largest absolute Gasteiger partial charge is 0.494 e. The molecule has 0 radical (unpaired) electrons. The summed E-state index contributed by atoms with van der Waals surface area (Å²) in [7, 11) is -3.11. The Morgan fingerprint density at radius 1 is 0.567 bits per heavy atom. The standard InChI is InChI=1S/C15H19N3O.C14H17F3N2.C14H17N3.C14H26N2S.C14H22.C13H20O2S.C13H20.C12H18O2.C9H17N.2CH4/c1-15(2,3)8-11-19-13-6-4-12(5-7-13)14-16-9-10-17-18-14;1-12(2,3)9-8-10-4-6-11(7-5-10)13(18-19-13)14(15,16)17;1-14(2,3)10-11-4-6-12(7-5-11)13-15-8-9-16-17-13;1-10-15-11-9-17-12(13(11)16-10)7-5-6-8-14(2,3)4;1-14(2,3)10-13-11-8-6-4-5-7-9-12(11)13;1-11-5-7-12(8-6-11)16(14,15)10-9-13(2,3)4;1-10-6-7-12(11(2)8-10)9-13(3,4)5;1-12(2,3)10-8-5-4-7(6-8)9(10)11(13)14;1-8(2,3)5-6-9(4)7-10-9;;/h4-7,9-10H,8,11H2,1-3H3;4-7H,8-9H2,1-3H3;4-9H,10H2,1-3H3;11-13,15-16H,1,5-9H2,2-4H3;11-13H,6-10H2,1-3H3;5-8H,9-10H2,1-4H3;6-8H,9H2,1-5H3;4-5,7-10H,6H2,1-3H3,(H,13,14);7H,5-6H2,1-4H3;2*1H4/t;;;;11-,12+,13?;;;;;;. The molecule has 11 atom stereocenters. The number of hydrogen-bond acceptors (Lipinski definition) is 16. The van der Waals surface area contributed by atoms with Crippen molar-refractivity contribution in [2.75, 3.05) is 18.1 Å². The number of aliphatic imine (C=N–C) groups is 1. The lowest BCUT2D eigenvalue weighted by molar-refractivity contribution is -0.166. The van der Waals surface area contributed by atoms with Gasteiger partial charge in [-0.25, -0.2) is 18.4 Å². The molecule has 0 amide bonds. The number of aryl methyl sites for hydroxylation is 4. The zero-order chi connectivity index (χ0) is 104. The van der Waals surface area contributed by atoms with Gasteiger partial charge in [-0.1, -0.05) is 323 Å². The minimum absolute atomic E-state index is 0. The fraction of sp³-hybridized carbons (Fsp3) is 0.633. The number of fused-ring (bicyclic) bond motifs is 4. The summed E-state index contributed by atoms with van der Waals surface area (Å²) in [5.74, 6) is 14.7. The van der Waals surface area contributed by atoms with Gasteiger partial charge in [0.1, 0.15) is 5.75 Å². The van der Waals surface area contributed by atoms with Crippen molar-refractivity contribution in [2.45, 2.75) is 385 Å². The number of hydrogen-bond donors (Lipinski definition) is 3. The number of halogens is 3. The second-order valence-corrected chi connectivity index (χ2v) is 54.3. The van der Waals surface area contributed by atoms with Gasteiger partial charge in [-0.2, -0.15) is 35.1 Å². The van der Waals surface area contributed by atoms with Crippen molar-refractivity contribution < 1.29 is 36.2 Å². The minimum Gasteiger partial charge on any atom is -0.494 e. The molecule has 2 bridgehead atoms. The van der Waals surface area contributed by atoms with Crippen LogP contribution >= 0.6 is 11.8 Å². The number of allylic oxidation sites excluding steroid dienone is 2. The summed E-state index contributed by atoms with van der Waals surface area (Å²) in [5, 5.41) is 38.9. The molecule has 15 rings (SSSR count). The molecule has 21 heteroatoms. The van der Waals surface area contributed by atoms with Gasteiger partial charge in [-0.05, 0) is 260 Å². The highest BCUT2D eigenvalue weighted by Crippen LogP contribution is 2.58. The Bertz CT molecular complexity index is 5190. The Morgan fingerprint density at radius 3 is 1.50 bits per heavy atom. The molecule has 141 heavy (non-hydrogen) atoms. The number of unbranched alkanes of at least 4 members (excludes halogenated alkanes) is 1. The Kier molecular flexibility index (Phi) is 45.7. The SMILES string of the molecule is C.C.C=C1NC2CSC(CCCCC(C)(C)C)C2N1.CC(C)(C)C1C2C=CC(C2)C1C(=O)O.CC(C)(C)CC1[C@H]2CCC#CCC[C@@H]12.CC(C)(C)CCC1(C)C=N1.CC(C)(C)CCOc1ccc(-c2nccnn2)cc1.CC(C)(C)CCc1ccc(C2(C(F)(F)F)N=N2)cc1.CC(C)(C)Cc1ccc(-c2nccnn2)cc1.Cc1ccc(CC(C)(C)C)c(C)c1.Cc1ccc(S(=O)(=O)CCC(C)(C)C)cc1. The van der Waals surface area contributed by atoms with Gasteiger partial charge in [0.25, 0.3) is 0 Å². The second-order valence-electron chi connectivity index (χ2n) is 50.9. The van der Waals surface area contributed by atoms with Crippen molar-refractivity contribution in [2.24, 2.45) is 105 Å². The monoisotopic (exact) mass is 1980 g/mol. The number of carboxylic acids is 1. The minimum atomic E-state index is -4.44. The third-order valence-corrected chi connectivity index (χ3v) is 29.4. The van der Waals surface area contributed by atoms with Gasteiger partial charge in [0.2, 0.25) is 0 Å². The molecule has 3 N–H and O–H groups in total. The lowest BCUT2D eigenvalue weighted by Crippen LogP contribution is -2.36. The number of benzene rings is 5.